The van der Waals surface area contributed by atoms with Crippen LogP contribution in [0.3, 0.4) is 0 Å². The maximum Gasteiger partial charge on any atom is 1.00 e. The van der Waals surface area contributed by atoms with Gasteiger partial charge in [0.2, 0.25) is 0 Å². The molecule has 0 aliphatic rings. The van der Waals surface area contributed by atoms with Gasteiger partial charge in [-0.05, 0) is 0 Å². The van der Waals surface area contributed by atoms with Gasteiger partial charge in [-0.2, -0.15) is 0 Å². The molecule has 90 valence electrons. The van der Waals surface area contributed by atoms with E-state index in [1.807, 2.05) is 0 Å². The quantitative estimate of drug-likeness (QED) is 0.431. The molecule has 0 spiro atoms. The van der Waals surface area contributed by atoms with E-state index < -0.39 is 37.5 Å². The first-order valence-corrected chi connectivity index (χ1v) is 3.72. The molecule has 4 amide bonds. The van der Waals surface area contributed by atoms with Crippen LogP contribution in [0.15, 0.2) is 0 Å². The molecule has 0 aromatic carbocycles. The molecule has 11 heteroatoms. The van der Waals surface area contributed by atoms with Gasteiger partial charge >= 0.3 is 47.8 Å². The van der Waals surface area contributed by atoms with Crippen molar-refractivity contribution >= 4 is 24.4 Å². The Hall–Kier alpha value is -1.52. The van der Waals surface area contributed by atoms with E-state index in [0.717, 1.165) is 0 Å². The molecule has 0 fully saturated rings. The Balaban J connectivity index is 0. The molecule has 0 rings (SSSR count). The molecule has 0 atom stereocenters. The molecule has 0 saturated heterocycles. The Morgan fingerprint density at radius 1 is 0.824 bits per heavy atom. The second kappa shape index (κ2) is 7.70. The number of carbonyl (C=O) groups is 4. The van der Waals surface area contributed by atoms with Gasteiger partial charge in [0.05, 0.1) is 6.54 Å². The zero-order valence-corrected chi connectivity index (χ0v) is 10.7. The van der Waals surface area contributed by atoms with Crippen molar-refractivity contribution < 1.29 is 69.2 Å². The van der Waals surface area contributed by atoms with Crippen molar-refractivity contribution in [1.29, 1.82) is 0 Å². The summed E-state index contributed by atoms with van der Waals surface area (Å²) in [5.74, 6) is 0. The van der Waals surface area contributed by atoms with Gasteiger partial charge in [0.25, 0.3) is 0 Å². The van der Waals surface area contributed by atoms with Gasteiger partial charge < -0.3 is 25.2 Å². The smallest absolute Gasteiger partial charge is 0.529 e. The second-order valence-electron chi connectivity index (χ2n) is 2.42. The molecule has 0 saturated carbocycles. The van der Waals surface area contributed by atoms with E-state index in [0.29, 0.717) is 0 Å². The van der Waals surface area contributed by atoms with E-state index in [4.69, 9.17) is 15.3 Å². The van der Waals surface area contributed by atoms with E-state index in [-0.39, 0.29) is 39.4 Å². The van der Waals surface area contributed by atoms with Gasteiger partial charge in [-0.15, -0.1) is 0 Å². The number of rotatable bonds is 3. The first-order valence-electron chi connectivity index (χ1n) is 3.72. The fraction of sp³-hybridized carbons (Fsp3) is 0.333. The number of hydrogen-bond donors (Lipinski definition) is 3. The summed E-state index contributed by atoms with van der Waals surface area (Å²) in [6.07, 6.45) is -7.62. The molecule has 0 aromatic rings. The predicted molar refractivity (Wildman–Crippen MR) is 42.9 cm³/mol. The molecule has 3 N–H and O–H groups in total. The average molecular weight is 258 g/mol. The van der Waals surface area contributed by atoms with Crippen LogP contribution in [0.4, 0.5) is 19.2 Å². The van der Waals surface area contributed by atoms with E-state index >= 15 is 0 Å². The maximum atomic E-state index is 10.3. The third-order valence-corrected chi connectivity index (χ3v) is 1.46. The van der Waals surface area contributed by atoms with Crippen LogP contribution in [-0.2, 0) is 0 Å². The number of hydrogen-bond acceptors (Lipinski definition) is 5. The van der Waals surface area contributed by atoms with Crippen molar-refractivity contribution in [3.8, 4) is 0 Å². The van der Waals surface area contributed by atoms with Crippen LogP contribution in [0, 0.1) is 0 Å². The van der Waals surface area contributed by atoms with Crippen molar-refractivity contribution in [2.75, 3.05) is 13.1 Å². The number of amides is 4. The number of imide groups is 2. The van der Waals surface area contributed by atoms with E-state index in [2.05, 4.69) is 0 Å². The Bertz CT molecular complexity index is 272. The summed E-state index contributed by atoms with van der Waals surface area (Å²) < 4.78 is 0. The zero-order chi connectivity index (χ0) is 12.9. The minimum absolute atomic E-state index is 0. The van der Waals surface area contributed by atoms with Crippen LogP contribution in [0.2, 0.25) is 0 Å². The Morgan fingerprint density at radius 2 is 1.12 bits per heavy atom. The van der Waals surface area contributed by atoms with E-state index in [1.165, 1.54) is 0 Å². The molecule has 0 heterocycles. The predicted octanol–water partition coefficient (Wildman–Crippen LogP) is -4.03. The molecule has 0 unspecified atom stereocenters. The van der Waals surface area contributed by atoms with Gasteiger partial charge in [-0.3, -0.25) is 4.90 Å². The minimum atomic E-state index is -2.07. The van der Waals surface area contributed by atoms with E-state index in [1.54, 1.807) is 0 Å². The SMILES string of the molecule is O=C([O-])N(CCN(C(=O)O)C(=O)O)C(=O)O.[Na+]. The monoisotopic (exact) mass is 258 g/mol. The van der Waals surface area contributed by atoms with E-state index in [9.17, 15) is 24.3 Å². The standard InChI is InChI=1S/C6H8N2O8.Na/c9-3(10)7(4(11)12)1-2-8(5(13)14)6(15)16;/h1-2H2,(H,9,10)(H,11,12)(H,13,14)(H,15,16);/q;+1/p-1. The fourth-order valence-electron chi connectivity index (χ4n) is 0.738. The summed E-state index contributed by atoms with van der Waals surface area (Å²) in [7, 11) is 0. The van der Waals surface area contributed by atoms with Crippen LogP contribution >= 0.6 is 0 Å². The van der Waals surface area contributed by atoms with Crippen LogP contribution in [0.1, 0.15) is 0 Å². The summed E-state index contributed by atoms with van der Waals surface area (Å²) in [5.41, 5.74) is 0. The number of carbonyl (C=O) groups excluding carboxylic acids is 1. The normalized spacial score (nSPS) is 8.71. The van der Waals surface area contributed by atoms with Gasteiger partial charge in [-0.25, -0.2) is 19.3 Å². The molecule has 0 aromatic heterocycles. The Labute approximate surface area is 116 Å². The third-order valence-electron chi connectivity index (χ3n) is 1.46. The van der Waals surface area contributed by atoms with Gasteiger partial charge in [0.1, 0.15) is 6.09 Å². The summed E-state index contributed by atoms with van der Waals surface area (Å²) in [5, 5.41) is 35.2. The summed E-state index contributed by atoms with van der Waals surface area (Å²) in [6.45, 7) is -1.68. The van der Waals surface area contributed by atoms with Crippen molar-refractivity contribution in [1.82, 2.24) is 9.80 Å². The van der Waals surface area contributed by atoms with Crippen LogP contribution in [0.5, 0.6) is 0 Å². The molecule has 0 radical (unpaired) electrons. The van der Waals surface area contributed by atoms with Crippen LogP contribution < -0.4 is 34.7 Å². The fourth-order valence-corrected chi connectivity index (χ4v) is 0.738. The van der Waals surface area contributed by atoms with Gasteiger partial charge in [0.15, 0.2) is 0 Å². The van der Waals surface area contributed by atoms with Crippen molar-refractivity contribution in [3.63, 3.8) is 0 Å². The molecular weight excluding hydrogens is 251 g/mol. The minimum Gasteiger partial charge on any atom is -0.529 e. The topological polar surface area (TPSA) is 159 Å². The maximum absolute atomic E-state index is 10.3. The Kier molecular flexibility index (Phi) is 8.10. The summed E-state index contributed by atoms with van der Waals surface area (Å²) >= 11 is 0. The third kappa shape index (κ3) is 5.94. The largest absolute Gasteiger partial charge is 1.00 e. The number of carboxylic acid groups (broad SMARTS) is 4. The summed E-state index contributed by atoms with van der Waals surface area (Å²) in [6, 6.07) is 0. The van der Waals surface area contributed by atoms with Gasteiger partial charge in [0, 0.05) is 6.54 Å². The molecule has 0 aliphatic carbocycles. The molecule has 0 bridgehead atoms. The average Bonchev–Trinajstić information content (AvgIpc) is 2.09. The zero-order valence-electron chi connectivity index (χ0n) is 8.69. The van der Waals surface area contributed by atoms with Crippen molar-refractivity contribution in [3.05, 3.63) is 0 Å². The molecule has 17 heavy (non-hydrogen) atoms. The molecule has 10 nitrogen and oxygen atoms in total. The van der Waals surface area contributed by atoms with Crippen molar-refractivity contribution in [2.45, 2.75) is 0 Å². The van der Waals surface area contributed by atoms with Crippen molar-refractivity contribution in [2.24, 2.45) is 0 Å². The molecular formula is C6H7N2NaO8. The molecule has 0 aliphatic heterocycles. The second-order valence-corrected chi connectivity index (χ2v) is 2.42. The summed E-state index contributed by atoms with van der Waals surface area (Å²) in [4.78, 5) is 40.7. The Morgan fingerprint density at radius 3 is 1.35 bits per heavy atom. The van der Waals surface area contributed by atoms with Gasteiger partial charge in [-0.1, -0.05) is 0 Å². The first-order chi connectivity index (χ1) is 7.27. The first kappa shape index (κ1) is 17.9. The van der Waals surface area contributed by atoms with Crippen LogP contribution in [-0.4, -0.2) is 62.6 Å². The van der Waals surface area contributed by atoms with Crippen LogP contribution in [0.25, 0.3) is 0 Å². The number of nitrogens with zero attached hydrogens (tertiary/aromatic N) is 2.